The molecule has 0 saturated carbocycles. The van der Waals surface area contributed by atoms with E-state index < -0.39 is 0 Å². The largest absolute Gasteiger partial charge is 0.493 e. The number of carbonyl (C=O) groups is 1. The van der Waals surface area contributed by atoms with Gasteiger partial charge in [-0.25, -0.2) is 0 Å². The summed E-state index contributed by atoms with van der Waals surface area (Å²) in [5.41, 5.74) is 3.16. The van der Waals surface area contributed by atoms with E-state index in [4.69, 9.17) is 9.47 Å². The highest BCUT2D eigenvalue weighted by atomic mass is 16.5. The van der Waals surface area contributed by atoms with E-state index in [1.807, 2.05) is 6.07 Å². The van der Waals surface area contributed by atoms with Crippen molar-refractivity contribution in [3.63, 3.8) is 0 Å². The number of benzene rings is 1. The second-order valence-corrected chi connectivity index (χ2v) is 5.27. The van der Waals surface area contributed by atoms with E-state index in [0.29, 0.717) is 24.0 Å². The molecule has 3 rings (SSSR count). The topological polar surface area (TPSA) is 38.8 Å². The van der Waals surface area contributed by atoms with Crippen LogP contribution >= 0.6 is 0 Å². The molecule has 19 heavy (non-hydrogen) atoms. The van der Waals surface area contributed by atoms with Crippen molar-refractivity contribution in [2.24, 2.45) is 0 Å². The molecule has 1 aromatic carbocycles. The van der Waals surface area contributed by atoms with Crippen molar-refractivity contribution in [2.45, 2.75) is 25.3 Å². The third-order valence-electron chi connectivity index (χ3n) is 4.32. The first kappa shape index (κ1) is 12.5. The maximum Gasteiger partial charge on any atom is 0.171 e. The van der Waals surface area contributed by atoms with Gasteiger partial charge in [-0.1, -0.05) is 0 Å². The Morgan fingerprint density at radius 1 is 1.26 bits per heavy atom. The summed E-state index contributed by atoms with van der Waals surface area (Å²) >= 11 is 0. The number of carbonyl (C=O) groups excluding carboxylic acids is 1. The molecule has 1 aliphatic heterocycles. The summed E-state index contributed by atoms with van der Waals surface area (Å²) in [4.78, 5) is 14.7. The molecule has 0 aromatic heterocycles. The number of Topliss-reactive ketones (excluding diaryl/α,β-unsaturated/α-hetero) is 1. The molecule has 0 bridgehead atoms. The minimum Gasteiger partial charge on any atom is -0.493 e. The molecule has 0 fully saturated rings. The van der Waals surface area contributed by atoms with Crippen LogP contribution in [0.15, 0.2) is 6.07 Å². The van der Waals surface area contributed by atoms with Crippen LogP contribution in [0.3, 0.4) is 0 Å². The van der Waals surface area contributed by atoms with Crippen LogP contribution in [0.1, 0.15) is 40.4 Å². The van der Waals surface area contributed by atoms with Gasteiger partial charge in [0.2, 0.25) is 0 Å². The first-order valence-corrected chi connectivity index (χ1v) is 6.68. The molecule has 4 nitrogen and oxygen atoms in total. The van der Waals surface area contributed by atoms with E-state index in [0.717, 1.165) is 24.9 Å². The molecular weight excluding hydrogens is 242 g/mol. The zero-order chi connectivity index (χ0) is 13.6. The third kappa shape index (κ3) is 1.74. The van der Waals surface area contributed by atoms with Gasteiger partial charge in [0.1, 0.15) is 0 Å². The Morgan fingerprint density at radius 3 is 2.74 bits per heavy atom. The SMILES string of the molecule is COc1cc2c3c(c1OC)C(=O)CCC3N(C)CC2. The summed E-state index contributed by atoms with van der Waals surface area (Å²) in [5, 5.41) is 0. The Kier molecular flexibility index (Phi) is 2.97. The Hall–Kier alpha value is -1.55. The Bertz CT molecular complexity index is 539. The molecule has 1 atom stereocenters. The summed E-state index contributed by atoms with van der Waals surface area (Å²) in [7, 11) is 5.35. The second kappa shape index (κ2) is 4.53. The van der Waals surface area contributed by atoms with E-state index >= 15 is 0 Å². The van der Waals surface area contributed by atoms with Crippen LogP contribution in [0, 0.1) is 0 Å². The first-order chi connectivity index (χ1) is 9.17. The Balaban J connectivity index is 2.29. The van der Waals surface area contributed by atoms with Crippen molar-refractivity contribution < 1.29 is 14.3 Å². The molecule has 1 aromatic rings. The standard InChI is InChI=1S/C15H19NO3/c1-16-7-6-9-8-12(18-2)15(19-3)14-11(17)5-4-10(16)13(9)14/h8,10H,4-7H2,1-3H3. The smallest absolute Gasteiger partial charge is 0.171 e. The number of ketones is 1. The molecule has 0 spiro atoms. The number of nitrogens with zero attached hydrogens (tertiary/aromatic N) is 1. The van der Waals surface area contributed by atoms with Gasteiger partial charge >= 0.3 is 0 Å². The van der Waals surface area contributed by atoms with Gasteiger partial charge < -0.3 is 9.47 Å². The molecule has 0 radical (unpaired) electrons. The summed E-state index contributed by atoms with van der Waals surface area (Å²) < 4.78 is 10.8. The van der Waals surface area contributed by atoms with Crippen molar-refractivity contribution in [3.05, 3.63) is 22.8 Å². The van der Waals surface area contributed by atoms with Crippen molar-refractivity contribution in [2.75, 3.05) is 27.8 Å². The zero-order valence-electron chi connectivity index (χ0n) is 11.7. The van der Waals surface area contributed by atoms with Gasteiger partial charge in [0.25, 0.3) is 0 Å². The molecule has 4 heteroatoms. The lowest BCUT2D eigenvalue weighted by Crippen LogP contribution is -2.36. The molecule has 1 heterocycles. The van der Waals surface area contributed by atoms with Crippen LogP contribution in [-0.4, -0.2) is 38.5 Å². The molecule has 0 amide bonds. The van der Waals surface area contributed by atoms with Crippen LogP contribution in [0.4, 0.5) is 0 Å². The minimum atomic E-state index is 0.179. The van der Waals surface area contributed by atoms with Gasteiger partial charge in [-0.15, -0.1) is 0 Å². The number of rotatable bonds is 2. The van der Waals surface area contributed by atoms with E-state index in [2.05, 4.69) is 11.9 Å². The quantitative estimate of drug-likeness (QED) is 0.818. The van der Waals surface area contributed by atoms with E-state index in [-0.39, 0.29) is 5.78 Å². The summed E-state index contributed by atoms with van der Waals surface area (Å²) in [5.74, 6) is 1.46. The highest BCUT2D eigenvalue weighted by molar-refractivity contribution is 6.02. The number of hydrogen-bond acceptors (Lipinski definition) is 4. The number of methoxy groups -OCH3 is 2. The maximum atomic E-state index is 12.3. The summed E-state index contributed by atoms with van der Waals surface area (Å²) in [6, 6.07) is 2.38. The van der Waals surface area contributed by atoms with Crippen LogP contribution in [-0.2, 0) is 6.42 Å². The van der Waals surface area contributed by atoms with E-state index in [9.17, 15) is 4.79 Å². The van der Waals surface area contributed by atoms with Gasteiger partial charge in [-0.2, -0.15) is 0 Å². The highest BCUT2D eigenvalue weighted by Crippen LogP contribution is 2.46. The van der Waals surface area contributed by atoms with Gasteiger partial charge in [-0.05, 0) is 37.1 Å². The normalized spacial score (nSPS) is 22.1. The monoisotopic (exact) mass is 261 g/mol. The van der Waals surface area contributed by atoms with Crippen molar-refractivity contribution in [1.29, 1.82) is 0 Å². The van der Waals surface area contributed by atoms with Crippen molar-refractivity contribution in [1.82, 2.24) is 4.90 Å². The number of likely N-dealkylation sites (N-methyl/N-ethyl adjacent to an activating group) is 1. The lowest BCUT2D eigenvalue weighted by molar-refractivity contribution is 0.0930. The predicted molar refractivity (Wildman–Crippen MR) is 72.2 cm³/mol. The Morgan fingerprint density at radius 2 is 2.05 bits per heavy atom. The average molecular weight is 261 g/mol. The highest BCUT2D eigenvalue weighted by Gasteiger charge is 2.36. The summed E-state index contributed by atoms with van der Waals surface area (Å²) in [6.07, 6.45) is 2.46. The van der Waals surface area contributed by atoms with E-state index in [1.165, 1.54) is 11.1 Å². The van der Waals surface area contributed by atoms with Crippen LogP contribution in [0.5, 0.6) is 11.5 Å². The zero-order valence-corrected chi connectivity index (χ0v) is 11.7. The lowest BCUT2D eigenvalue weighted by Gasteiger charge is -2.39. The first-order valence-electron chi connectivity index (χ1n) is 6.68. The lowest BCUT2D eigenvalue weighted by atomic mass is 9.79. The fraction of sp³-hybridized carbons (Fsp3) is 0.533. The second-order valence-electron chi connectivity index (χ2n) is 5.27. The molecule has 102 valence electrons. The fourth-order valence-corrected chi connectivity index (χ4v) is 3.36. The molecule has 0 N–H and O–H groups in total. The molecule has 1 unspecified atom stereocenters. The van der Waals surface area contributed by atoms with Crippen LogP contribution < -0.4 is 9.47 Å². The average Bonchev–Trinajstić information content (AvgIpc) is 2.43. The molecular formula is C15H19NO3. The number of hydrogen-bond donors (Lipinski definition) is 0. The maximum absolute atomic E-state index is 12.3. The minimum absolute atomic E-state index is 0.179. The fourth-order valence-electron chi connectivity index (χ4n) is 3.36. The van der Waals surface area contributed by atoms with Gasteiger partial charge in [0.05, 0.1) is 19.8 Å². The van der Waals surface area contributed by atoms with Crippen molar-refractivity contribution >= 4 is 5.78 Å². The third-order valence-corrected chi connectivity index (χ3v) is 4.32. The van der Waals surface area contributed by atoms with Gasteiger partial charge in [0.15, 0.2) is 17.3 Å². The van der Waals surface area contributed by atoms with Crippen molar-refractivity contribution in [3.8, 4) is 11.5 Å². The number of ether oxygens (including phenoxy) is 2. The van der Waals surface area contributed by atoms with E-state index in [1.54, 1.807) is 14.2 Å². The summed E-state index contributed by atoms with van der Waals surface area (Å²) in [6.45, 7) is 1.03. The van der Waals surface area contributed by atoms with Gasteiger partial charge in [-0.3, -0.25) is 9.69 Å². The molecule has 2 aliphatic rings. The molecule has 1 aliphatic carbocycles. The van der Waals surface area contributed by atoms with Crippen LogP contribution in [0.25, 0.3) is 0 Å². The van der Waals surface area contributed by atoms with Crippen LogP contribution in [0.2, 0.25) is 0 Å². The van der Waals surface area contributed by atoms with Gasteiger partial charge in [0, 0.05) is 19.0 Å². The predicted octanol–water partition coefficient (Wildman–Crippen LogP) is 2.21. The Labute approximate surface area is 113 Å². The molecule has 0 saturated heterocycles.